The molecule has 1 amide bonds. The third-order valence-corrected chi connectivity index (χ3v) is 9.14. The Labute approximate surface area is 233 Å². The second kappa shape index (κ2) is 13.9. The largest absolute Gasteiger partial charge is 0.341 e. The Balaban J connectivity index is 1.21. The normalized spacial score (nSPS) is 21.2. The molecule has 2 N–H and O–H groups in total. The van der Waals surface area contributed by atoms with Crippen LogP contribution in [-0.2, 0) is 17.8 Å². The van der Waals surface area contributed by atoms with Gasteiger partial charge in [-0.05, 0) is 75.7 Å². The summed E-state index contributed by atoms with van der Waals surface area (Å²) in [5.74, 6) is 0.263. The SMILES string of the molecule is O=C(C(Cc1ccc(Cl)cc1)NC1CCNCC1)N1CCC(N(CCn2ccnc2)C2CCCCC2)CC1. The van der Waals surface area contributed by atoms with Crippen molar-refractivity contribution in [1.29, 1.82) is 0 Å². The molecule has 1 saturated carbocycles. The van der Waals surface area contributed by atoms with Crippen molar-refractivity contribution in [2.24, 2.45) is 0 Å². The van der Waals surface area contributed by atoms with Crippen LogP contribution in [0.25, 0.3) is 0 Å². The first-order valence-electron chi connectivity index (χ1n) is 14.9. The number of hydrogen-bond acceptors (Lipinski definition) is 5. The molecule has 1 aromatic carbocycles. The van der Waals surface area contributed by atoms with Crippen LogP contribution in [0.4, 0.5) is 0 Å². The van der Waals surface area contributed by atoms with E-state index in [1.54, 1.807) is 0 Å². The molecule has 3 heterocycles. The summed E-state index contributed by atoms with van der Waals surface area (Å²) < 4.78 is 2.20. The number of amides is 1. The van der Waals surface area contributed by atoms with Crippen LogP contribution in [-0.4, -0.2) is 82.1 Å². The minimum absolute atomic E-state index is 0.188. The summed E-state index contributed by atoms with van der Waals surface area (Å²) >= 11 is 6.13. The maximum Gasteiger partial charge on any atom is 0.240 e. The zero-order valence-electron chi connectivity index (χ0n) is 22.7. The van der Waals surface area contributed by atoms with E-state index in [2.05, 4.69) is 48.3 Å². The second-order valence-electron chi connectivity index (χ2n) is 11.5. The topological polar surface area (TPSA) is 65.4 Å². The Bertz CT molecular complexity index is 963. The fourth-order valence-electron chi connectivity index (χ4n) is 6.71. The first-order valence-corrected chi connectivity index (χ1v) is 15.2. The summed E-state index contributed by atoms with van der Waals surface area (Å²) in [5.41, 5.74) is 1.16. The van der Waals surface area contributed by atoms with Gasteiger partial charge in [-0.15, -0.1) is 0 Å². The smallest absolute Gasteiger partial charge is 0.240 e. The molecule has 8 heteroatoms. The summed E-state index contributed by atoms with van der Waals surface area (Å²) in [6.45, 7) is 5.78. The van der Waals surface area contributed by atoms with Crippen LogP contribution < -0.4 is 10.6 Å². The molecule has 1 atom stereocenters. The molecule has 5 rings (SSSR count). The summed E-state index contributed by atoms with van der Waals surface area (Å²) in [6, 6.07) is 9.40. The van der Waals surface area contributed by atoms with E-state index in [0.717, 1.165) is 75.5 Å². The number of carbonyl (C=O) groups is 1. The third kappa shape index (κ3) is 7.59. The lowest BCUT2D eigenvalue weighted by molar-refractivity contribution is -0.135. The van der Waals surface area contributed by atoms with Crippen molar-refractivity contribution in [1.82, 2.24) is 30.0 Å². The van der Waals surface area contributed by atoms with Crippen molar-refractivity contribution in [3.05, 3.63) is 53.6 Å². The maximum absolute atomic E-state index is 13.9. The molecule has 0 bridgehead atoms. The van der Waals surface area contributed by atoms with E-state index < -0.39 is 0 Å². The zero-order chi connectivity index (χ0) is 26.2. The molecular formula is C30H45ClN6O. The Morgan fingerprint density at radius 2 is 1.74 bits per heavy atom. The molecule has 2 aliphatic heterocycles. The lowest BCUT2D eigenvalue weighted by Gasteiger charge is -2.44. The highest BCUT2D eigenvalue weighted by Crippen LogP contribution is 2.28. The van der Waals surface area contributed by atoms with Crippen molar-refractivity contribution in [3.63, 3.8) is 0 Å². The van der Waals surface area contributed by atoms with Gasteiger partial charge in [-0.2, -0.15) is 0 Å². The number of likely N-dealkylation sites (tertiary alicyclic amines) is 1. The molecule has 3 aliphatic rings. The molecule has 0 radical (unpaired) electrons. The van der Waals surface area contributed by atoms with Crippen molar-refractivity contribution >= 4 is 17.5 Å². The van der Waals surface area contributed by atoms with Crippen molar-refractivity contribution in [3.8, 4) is 0 Å². The van der Waals surface area contributed by atoms with Gasteiger partial charge in [0.1, 0.15) is 0 Å². The van der Waals surface area contributed by atoms with Gasteiger partial charge in [-0.3, -0.25) is 9.69 Å². The number of carbonyl (C=O) groups excluding carboxylic acids is 1. The third-order valence-electron chi connectivity index (χ3n) is 8.89. The fraction of sp³-hybridized carbons (Fsp3) is 0.667. The van der Waals surface area contributed by atoms with E-state index in [0.29, 0.717) is 24.5 Å². The van der Waals surface area contributed by atoms with E-state index in [-0.39, 0.29) is 11.9 Å². The minimum Gasteiger partial charge on any atom is -0.341 e. The summed E-state index contributed by atoms with van der Waals surface area (Å²) in [4.78, 5) is 23.1. The molecular weight excluding hydrogens is 496 g/mol. The summed E-state index contributed by atoms with van der Waals surface area (Å²) in [6.07, 6.45) is 17.5. The molecule has 1 aliphatic carbocycles. The van der Waals surface area contributed by atoms with Crippen molar-refractivity contribution in [2.75, 3.05) is 32.7 Å². The quantitative estimate of drug-likeness (QED) is 0.475. The van der Waals surface area contributed by atoms with Crippen LogP contribution in [0.2, 0.25) is 5.02 Å². The maximum atomic E-state index is 13.9. The molecule has 1 aromatic heterocycles. The van der Waals surface area contributed by atoms with Crippen LogP contribution in [0.15, 0.2) is 43.0 Å². The van der Waals surface area contributed by atoms with E-state index in [4.69, 9.17) is 11.6 Å². The first kappa shape index (κ1) is 27.6. The number of halogens is 1. The molecule has 2 aromatic rings. The van der Waals surface area contributed by atoms with Gasteiger partial charge in [0, 0.05) is 61.7 Å². The number of hydrogen-bond donors (Lipinski definition) is 2. The average Bonchev–Trinajstić information content (AvgIpc) is 3.49. The van der Waals surface area contributed by atoms with E-state index in [1.165, 1.54) is 32.1 Å². The summed E-state index contributed by atoms with van der Waals surface area (Å²) in [7, 11) is 0. The predicted octanol–water partition coefficient (Wildman–Crippen LogP) is 4.12. The lowest BCUT2D eigenvalue weighted by atomic mass is 9.91. The molecule has 2 saturated heterocycles. The van der Waals surface area contributed by atoms with Gasteiger partial charge in [-0.1, -0.05) is 43.0 Å². The Hall–Kier alpha value is -1.93. The highest BCUT2D eigenvalue weighted by Gasteiger charge is 2.34. The van der Waals surface area contributed by atoms with Gasteiger partial charge in [0.25, 0.3) is 0 Å². The Morgan fingerprint density at radius 3 is 2.42 bits per heavy atom. The number of aromatic nitrogens is 2. The van der Waals surface area contributed by atoms with Gasteiger partial charge in [-0.25, -0.2) is 4.98 Å². The van der Waals surface area contributed by atoms with Crippen molar-refractivity contribution in [2.45, 2.75) is 94.9 Å². The molecule has 208 valence electrons. The van der Waals surface area contributed by atoms with Crippen LogP contribution in [0.3, 0.4) is 0 Å². The van der Waals surface area contributed by atoms with Crippen LogP contribution in [0.5, 0.6) is 0 Å². The Kier molecular flexibility index (Phi) is 10.1. The van der Waals surface area contributed by atoms with Crippen molar-refractivity contribution < 1.29 is 4.79 Å². The van der Waals surface area contributed by atoms with E-state index in [1.807, 2.05) is 24.7 Å². The number of imidazole rings is 1. The van der Waals surface area contributed by atoms with Gasteiger partial charge in [0.15, 0.2) is 0 Å². The fourth-order valence-corrected chi connectivity index (χ4v) is 6.84. The van der Waals surface area contributed by atoms with Gasteiger partial charge >= 0.3 is 0 Å². The molecule has 3 fully saturated rings. The number of nitrogens with one attached hydrogen (secondary N) is 2. The van der Waals surface area contributed by atoms with Gasteiger partial charge < -0.3 is 20.1 Å². The number of benzene rings is 1. The standard InChI is InChI=1S/C30H45ClN6O/c31-25-8-6-24(7-9-25)22-29(34-26-10-14-32-15-11-26)30(38)36-17-12-28(13-18-36)37(27-4-2-1-3-5-27)21-20-35-19-16-33-23-35/h6-9,16,19,23,26-29,32,34H,1-5,10-15,17-18,20-22H2. The van der Waals surface area contributed by atoms with Gasteiger partial charge in [0.05, 0.1) is 12.4 Å². The lowest BCUT2D eigenvalue weighted by Crippen LogP contribution is -2.56. The summed E-state index contributed by atoms with van der Waals surface area (Å²) in [5, 5.41) is 7.93. The molecule has 1 unspecified atom stereocenters. The molecule has 0 spiro atoms. The second-order valence-corrected chi connectivity index (χ2v) is 11.9. The molecule has 7 nitrogen and oxygen atoms in total. The van der Waals surface area contributed by atoms with Crippen LogP contribution >= 0.6 is 11.6 Å². The van der Waals surface area contributed by atoms with E-state index >= 15 is 0 Å². The first-order chi connectivity index (χ1) is 18.7. The Morgan fingerprint density at radius 1 is 1.03 bits per heavy atom. The average molecular weight is 541 g/mol. The monoisotopic (exact) mass is 540 g/mol. The predicted molar refractivity (Wildman–Crippen MR) is 153 cm³/mol. The number of rotatable bonds is 10. The van der Waals surface area contributed by atoms with Crippen LogP contribution in [0.1, 0.15) is 63.4 Å². The highest BCUT2D eigenvalue weighted by atomic mass is 35.5. The number of piperidine rings is 2. The van der Waals surface area contributed by atoms with E-state index in [9.17, 15) is 4.79 Å². The van der Waals surface area contributed by atoms with Gasteiger partial charge in [0.2, 0.25) is 5.91 Å². The molecule has 38 heavy (non-hydrogen) atoms. The van der Waals surface area contributed by atoms with Crippen LogP contribution in [0, 0.1) is 0 Å². The zero-order valence-corrected chi connectivity index (χ0v) is 23.5. The number of nitrogens with zero attached hydrogens (tertiary/aromatic N) is 4. The highest BCUT2D eigenvalue weighted by molar-refractivity contribution is 6.30. The minimum atomic E-state index is -0.188.